The summed E-state index contributed by atoms with van der Waals surface area (Å²) in [5, 5.41) is 1.27. The molecule has 2 heterocycles. The first kappa shape index (κ1) is 13.0. The summed E-state index contributed by atoms with van der Waals surface area (Å²) in [5.41, 5.74) is 2.45. The van der Waals surface area contributed by atoms with Gasteiger partial charge in [0.1, 0.15) is 0 Å². The van der Waals surface area contributed by atoms with E-state index >= 15 is 0 Å². The second kappa shape index (κ2) is 4.43. The van der Waals surface area contributed by atoms with Crippen molar-refractivity contribution in [3.63, 3.8) is 0 Å². The minimum absolute atomic E-state index is 0. The molecule has 2 aromatic rings. The molecule has 0 fully saturated rings. The first-order chi connectivity index (χ1) is 6.50. The van der Waals surface area contributed by atoms with E-state index in [1.54, 1.807) is 0 Å². The van der Waals surface area contributed by atoms with Crippen LogP contribution in [0.4, 0.5) is 0 Å². The third kappa shape index (κ3) is 2.37. The van der Waals surface area contributed by atoms with Gasteiger partial charge in [-0.1, -0.05) is 0 Å². The van der Waals surface area contributed by atoms with E-state index in [1.807, 2.05) is 0 Å². The standard InChI is InChI=1S/C12H15BN.Y/c1-9-8-10-6-5-7-13-11(10)14(9)12(2,3)4;/h5-8H,1H2,2-4H3;/q-1;. The van der Waals surface area contributed by atoms with E-state index < -0.39 is 0 Å². The Labute approximate surface area is 117 Å². The number of hydrogen-bond acceptors (Lipinski definition) is 0. The van der Waals surface area contributed by atoms with Crippen molar-refractivity contribution in [3.8, 4) is 0 Å². The Morgan fingerprint density at radius 3 is 2.60 bits per heavy atom. The summed E-state index contributed by atoms with van der Waals surface area (Å²) in [6, 6.07) is 6.33. The Hall–Kier alpha value is -0.0712. The van der Waals surface area contributed by atoms with Gasteiger partial charge in [0.25, 0.3) is 0 Å². The Bertz CT molecular complexity index is 468. The Morgan fingerprint density at radius 1 is 1.33 bits per heavy atom. The molecular formula is C12H15BNY-. The van der Waals surface area contributed by atoms with Crippen LogP contribution < -0.4 is 0 Å². The molecule has 0 saturated carbocycles. The number of rotatable bonds is 0. The van der Waals surface area contributed by atoms with Crippen molar-refractivity contribution in [1.82, 2.24) is 4.57 Å². The molecule has 0 atom stereocenters. The molecule has 0 unspecified atom stereocenters. The molecule has 0 bridgehead atoms. The number of aromatic nitrogens is 1. The van der Waals surface area contributed by atoms with Crippen LogP contribution in [0.15, 0.2) is 24.2 Å². The maximum absolute atomic E-state index is 4.09. The van der Waals surface area contributed by atoms with Crippen molar-refractivity contribution in [1.29, 1.82) is 0 Å². The summed E-state index contributed by atoms with van der Waals surface area (Å²) >= 11 is 0. The molecule has 0 amide bonds. The number of fused-ring (bicyclic) bond motifs is 1. The van der Waals surface area contributed by atoms with E-state index in [0.717, 1.165) is 5.69 Å². The van der Waals surface area contributed by atoms with E-state index in [-0.39, 0.29) is 38.2 Å². The van der Waals surface area contributed by atoms with Gasteiger partial charge in [-0.15, -0.1) is 0 Å². The van der Waals surface area contributed by atoms with E-state index in [9.17, 15) is 0 Å². The molecule has 15 heavy (non-hydrogen) atoms. The predicted molar refractivity (Wildman–Crippen MR) is 62.7 cm³/mol. The van der Waals surface area contributed by atoms with Crippen LogP contribution in [0, 0.1) is 6.92 Å². The van der Waals surface area contributed by atoms with Crippen molar-refractivity contribution in [3.05, 3.63) is 36.8 Å². The van der Waals surface area contributed by atoms with E-state index in [2.05, 4.69) is 63.3 Å². The third-order valence-corrected chi connectivity index (χ3v) is 2.46. The van der Waals surface area contributed by atoms with Crippen LogP contribution >= 0.6 is 0 Å². The Morgan fingerprint density at radius 2 is 2.00 bits per heavy atom. The van der Waals surface area contributed by atoms with Crippen LogP contribution in [-0.4, -0.2) is 11.5 Å². The van der Waals surface area contributed by atoms with Crippen molar-refractivity contribution in [2.24, 2.45) is 0 Å². The summed E-state index contributed by atoms with van der Waals surface area (Å²) in [6.45, 7) is 12.8. The first-order valence-corrected chi connectivity index (χ1v) is 4.93. The van der Waals surface area contributed by atoms with Gasteiger partial charge >= 0.3 is 85.4 Å². The van der Waals surface area contributed by atoms with Gasteiger partial charge in [-0.25, -0.2) is 0 Å². The summed E-state index contributed by atoms with van der Waals surface area (Å²) in [4.78, 5) is 0. The molecular weight excluding hydrogens is 258 g/mol. The quantitative estimate of drug-likeness (QED) is 0.650. The molecule has 1 nitrogen and oxygen atoms in total. The van der Waals surface area contributed by atoms with Crippen LogP contribution in [0.25, 0.3) is 10.8 Å². The minimum atomic E-state index is 0. The predicted octanol–water partition coefficient (Wildman–Crippen LogP) is 2.91. The Kier molecular flexibility index (Phi) is 3.84. The van der Waals surface area contributed by atoms with Crippen molar-refractivity contribution >= 4 is 17.7 Å². The maximum Gasteiger partial charge on any atom is 0 e. The maximum atomic E-state index is 4.09. The molecule has 75 valence electrons. The third-order valence-electron chi connectivity index (χ3n) is 2.46. The van der Waals surface area contributed by atoms with Gasteiger partial charge in [-0.05, 0) is 0 Å². The van der Waals surface area contributed by atoms with Crippen LogP contribution in [0.2, 0.25) is 0 Å². The zero-order valence-electron chi connectivity index (χ0n) is 9.62. The Balaban J connectivity index is 0.00000112. The average Bonchev–Trinajstić information content (AvgIpc) is 2.38. The van der Waals surface area contributed by atoms with Gasteiger partial charge in [0.2, 0.25) is 0 Å². The fourth-order valence-corrected chi connectivity index (χ4v) is 2.00. The molecule has 1 radical (unpaired) electrons. The monoisotopic (exact) mass is 273 g/mol. The van der Waals surface area contributed by atoms with Crippen molar-refractivity contribution in [2.45, 2.75) is 26.3 Å². The molecule has 0 saturated heterocycles. The van der Waals surface area contributed by atoms with Gasteiger partial charge in [-0.2, -0.15) is 0 Å². The second-order valence-corrected chi connectivity index (χ2v) is 4.70. The second-order valence-electron chi connectivity index (χ2n) is 4.70. The van der Waals surface area contributed by atoms with E-state index in [0.29, 0.717) is 0 Å². The van der Waals surface area contributed by atoms with Crippen molar-refractivity contribution in [2.75, 3.05) is 0 Å². The molecule has 0 aromatic carbocycles. The fourth-order valence-electron chi connectivity index (χ4n) is 2.00. The van der Waals surface area contributed by atoms with E-state index in [1.165, 1.54) is 10.8 Å². The van der Waals surface area contributed by atoms with Gasteiger partial charge in [0.15, 0.2) is 0 Å². The van der Waals surface area contributed by atoms with E-state index in [4.69, 9.17) is 0 Å². The van der Waals surface area contributed by atoms with Gasteiger partial charge < -0.3 is 0 Å². The molecule has 0 spiro atoms. The zero-order chi connectivity index (χ0) is 10.3. The molecule has 0 aliphatic heterocycles. The molecule has 0 N–H and O–H groups in total. The van der Waals surface area contributed by atoms with Crippen LogP contribution in [0.3, 0.4) is 0 Å². The smallest absolute Gasteiger partial charge is 0 e. The zero-order valence-corrected chi connectivity index (χ0v) is 12.5. The summed E-state index contributed by atoms with van der Waals surface area (Å²) < 4.78 is 2.28. The summed E-state index contributed by atoms with van der Waals surface area (Å²) in [7, 11) is 0. The summed E-state index contributed by atoms with van der Waals surface area (Å²) in [5.74, 6) is 2.07. The molecule has 0 aliphatic rings. The van der Waals surface area contributed by atoms with Gasteiger partial charge in [0.05, 0.1) is 0 Å². The largest absolute Gasteiger partial charge is 0 e. The van der Waals surface area contributed by atoms with Gasteiger partial charge in [0, 0.05) is 32.7 Å². The SMILES string of the molecule is [CH2-]c1cc2cccbc2n1C(C)(C)C.[Y]. The average molecular weight is 273 g/mol. The van der Waals surface area contributed by atoms with Gasteiger partial charge in [-0.3, -0.25) is 0 Å². The normalized spacial score (nSPS) is 11.1. The molecule has 0 aliphatic carbocycles. The first-order valence-electron chi connectivity index (χ1n) is 4.93. The number of hydrogen-bond donors (Lipinski definition) is 0. The van der Waals surface area contributed by atoms with Crippen LogP contribution in [-0.2, 0) is 38.2 Å². The molecule has 2 rings (SSSR count). The van der Waals surface area contributed by atoms with Crippen LogP contribution in [0.5, 0.6) is 0 Å². The fraction of sp³-hybridized carbons (Fsp3) is 0.333. The number of nitrogens with zero attached hydrogens (tertiary/aromatic N) is 1. The topological polar surface area (TPSA) is 4.93 Å². The van der Waals surface area contributed by atoms with Crippen molar-refractivity contribution < 1.29 is 32.7 Å². The minimum Gasteiger partial charge on any atom is 0 e. The molecule has 2 aromatic heterocycles. The summed E-state index contributed by atoms with van der Waals surface area (Å²) in [6.07, 6.45) is 0. The van der Waals surface area contributed by atoms with Crippen LogP contribution in [0.1, 0.15) is 26.5 Å². The molecule has 3 heteroatoms.